The maximum Gasteiger partial charge on any atom is 0.220 e. The molecule has 0 aliphatic heterocycles. The summed E-state index contributed by atoms with van der Waals surface area (Å²) in [5, 5.41) is 2.83. The van der Waals surface area contributed by atoms with Crippen LogP contribution in [0.5, 0.6) is 0 Å². The van der Waals surface area contributed by atoms with Crippen molar-refractivity contribution in [3.8, 4) is 5.69 Å². The van der Waals surface area contributed by atoms with Gasteiger partial charge in [0.05, 0.1) is 6.61 Å². The molecule has 1 amide bonds. The van der Waals surface area contributed by atoms with E-state index in [9.17, 15) is 4.79 Å². The highest BCUT2D eigenvalue weighted by Gasteiger charge is 2.14. The molecule has 6 heteroatoms. The minimum absolute atomic E-state index is 0.00771. The van der Waals surface area contributed by atoms with Gasteiger partial charge in [-0.25, -0.2) is 9.97 Å². The third-order valence-corrected chi connectivity index (χ3v) is 3.70. The molecular weight excluding hydrogens is 304 g/mol. The molecule has 2 heterocycles. The van der Waals surface area contributed by atoms with Crippen LogP contribution in [-0.4, -0.2) is 40.7 Å². The number of hydrogen-bond donors (Lipinski definition) is 1. The second kappa shape index (κ2) is 7.70. The highest BCUT2D eigenvalue weighted by atomic mass is 16.5. The smallest absolute Gasteiger partial charge is 0.220 e. The van der Waals surface area contributed by atoms with Gasteiger partial charge in [0.1, 0.15) is 11.3 Å². The van der Waals surface area contributed by atoms with E-state index in [1.165, 1.54) is 0 Å². The average molecular weight is 324 g/mol. The van der Waals surface area contributed by atoms with Crippen LogP contribution in [0.2, 0.25) is 0 Å². The van der Waals surface area contributed by atoms with E-state index in [4.69, 9.17) is 4.74 Å². The van der Waals surface area contributed by atoms with Gasteiger partial charge >= 0.3 is 0 Å². The second-order valence-electron chi connectivity index (χ2n) is 5.39. The Kier molecular flexibility index (Phi) is 5.18. The maximum absolute atomic E-state index is 11.9. The summed E-state index contributed by atoms with van der Waals surface area (Å²) in [4.78, 5) is 21.0. The molecule has 2 aromatic heterocycles. The second-order valence-corrected chi connectivity index (χ2v) is 5.39. The van der Waals surface area contributed by atoms with E-state index in [1.54, 1.807) is 13.3 Å². The summed E-state index contributed by atoms with van der Waals surface area (Å²) >= 11 is 0. The minimum atomic E-state index is -0.00771. The molecular formula is C18H20N4O2. The molecule has 1 aromatic carbocycles. The Morgan fingerprint density at radius 3 is 2.83 bits per heavy atom. The number of carbonyl (C=O) groups excluding carboxylic acids is 1. The van der Waals surface area contributed by atoms with Crippen molar-refractivity contribution in [2.75, 3.05) is 20.3 Å². The van der Waals surface area contributed by atoms with Crippen LogP contribution in [0.3, 0.4) is 0 Å². The van der Waals surface area contributed by atoms with Crippen molar-refractivity contribution < 1.29 is 9.53 Å². The van der Waals surface area contributed by atoms with Gasteiger partial charge in [-0.05, 0) is 24.3 Å². The molecule has 24 heavy (non-hydrogen) atoms. The summed E-state index contributed by atoms with van der Waals surface area (Å²) in [7, 11) is 1.61. The number of fused-ring (bicyclic) bond motifs is 1. The van der Waals surface area contributed by atoms with Gasteiger partial charge in [-0.1, -0.05) is 18.2 Å². The first-order valence-electron chi connectivity index (χ1n) is 7.93. The van der Waals surface area contributed by atoms with Crippen LogP contribution < -0.4 is 5.32 Å². The number of methoxy groups -OCH3 is 1. The molecule has 0 spiro atoms. The number of amides is 1. The number of nitrogens with zero attached hydrogens (tertiary/aromatic N) is 3. The van der Waals surface area contributed by atoms with E-state index >= 15 is 0 Å². The fourth-order valence-corrected chi connectivity index (χ4v) is 2.58. The Labute approximate surface area is 140 Å². The van der Waals surface area contributed by atoms with Crippen molar-refractivity contribution >= 4 is 17.1 Å². The highest BCUT2D eigenvalue weighted by molar-refractivity contribution is 5.77. The van der Waals surface area contributed by atoms with Crippen molar-refractivity contribution in [2.24, 2.45) is 0 Å². The van der Waals surface area contributed by atoms with E-state index in [0.717, 1.165) is 22.7 Å². The van der Waals surface area contributed by atoms with Crippen molar-refractivity contribution in [1.82, 2.24) is 19.9 Å². The van der Waals surface area contributed by atoms with Crippen LogP contribution in [0, 0.1) is 0 Å². The fraction of sp³-hybridized carbons (Fsp3) is 0.278. The van der Waals surface area contributed by atoms with E-state index < -0.39 is 0 Å². The Bertz CT molecular complexity index is 814. The Morgan fingerprint density at radius 1 is 1.21 bits per heavy atom. The number of ether oxygens (including phenoxy) is 1. The lowest BCUT2D eigenvalue weighted by Gasteiger charge is -2.09. The van der Waals surface area contributed by atoms with Gasteiger partial charge in [0.15, 0.2) is 5.65 Å². The normalized spacial score (nSPS) is 10.9. The summed E-state index contributed by atoms with van der Waals surface area (Å²) in [6.07, 6.45) is 2.68. The summed E-state index contributed by atoms with van der Waals surface area (Å²) in [6.45, 7) is 1.03. The number of imidazole rings is 1. The summed E-state index contributed by atoms with van der Waals surface area (Å²) in [6, 6.07) is 13.8. The number of benzene rings is 1. The summed E-state index contributed by atoms with van der Waals surface area (Å²) < 4.78 is 6.94. The molecule has 0 fully saturated rings. The van der Waals surface area contributed by atoms with E-state index in [0.29, 0.717) is 26.0 Å². The highest BCUT2D eigenvalue weighted by Crippen LogP contribution is 2.20. The molecule has 0 aliphatic rings. The fourth-order valence-electron chi connectivity index (χ4n) is 2.58. The number of pyridine rings is 1. The van der Waals surface area contributed by atoms with Gasteiger partial charge < -0.3 is 10.1 Å². The van der Waals surface area contributed by atoms with Gasteiger partial charge in [0.25, 0.3) is 0 Å². The molecule has 6 nitrogen and oxygen atoms in total. The van der Waals surface area contributed by atoms with Crippen molar-refractivity contribution in [3.05, 3.63) is 54.5 Å². The molecule has 3 rings (SSSR count). The van der Waals surface area contributed by atoms with Crippen molar-refractivity contribution in [2.45, 2.75) is 12.8 Å². The lowest BCUT2D eigenvalue weighted by molar-refractivity contribution is -0.121. The number of hydrogen-bond acceptors (Lipinski definition) is 4. The predicted octanol–water partition coefficient (Wildman–Crippen LogP) is 2.12. The molecule has 0 radical (unpaired) electrons. The number of nitrogens with one attached hydrogen (secondary N) is 1. The zero-order chi connectivity index (χ0) is 16.8. The standard InChI is InChI=1S/C18H20N4O2/c1-24-13-12-19-17(23)10-9-16-21-15-8-5-11-20-18(15)22(16)14-6-3-2-4-7-14/h2-8,11H,9-10,12-13H2,1H3,(H,19,23). The SMILES string of the molecule is COCCNC(=O)CCc1nc2cccnc2n1-c1ccccc1. The Hall–Kier alpha value is -2.73. The molecule has 0 bridgehead atoms. The van der Waals surface area contributed by atoms with Crippen LogP contribution in [0.4, 0.5) is 0 Å². The molecule has 124 valence electrons. The Morgan fingerprint density at radius 2 is 2.04 bits per heavy atom. The van der Waals surface area contributed by atoms with Crippen LogP contribution in [-0.2, 0) is 16.0 Å². The first-order chi connectivity index (χ1) is 11.8. The number of carbonyl (C=O) groups is 1. The lowest BCUT2D eigenvalue weighted by atomic mass is 10.2. The lowest BCUT2D eigenvalue weighted by Crippen LogP contribution is -2.27. The first-order valence-corrected chi connectivity index (χ1v) is 7.93. The predicted molar refractivity (Wildman–Crippen MR) is 92.1 cm³/mol. The molecule has 1 N–H and O–H groups in total. The van der Waals surface area contributed by atoms with Crippen LogP contribution in [0.15, 0.2) is 48.7 Å². The summed E-state index contributed by atoms with van der Waals surface area (Å²) in [5.41, 5.74) is 2.63. The molecule has 0 aliphatic carbocycles. The number of aryl methyl sites for hydroxylation is 1. The van der Waals surface area contributed by atoms with Crippen LogP contribution >= 0.6 is 0 Å². The summed E-state index contributed by atoms with van der Waals surface area (Å²) in [5.74, 6) is 0.823. The largest absolute Gasteiger partial charge is 0.383 e. The topological polar surface area (TPSA) is 69.0 Å². The van der Waals surface area contributed by atoms with Crippen molar-refractivity contribution in [1.29, 1.82) is 0 Å². The molecule has 0 atom stereocenters. The van der Waals surface area contributed by atoms with E-state index in [-0.39, 0.29) is 5.91 Å². The van der Waals surface area contributed by atoms with E-state index in [1.807, 2.05) is 47.0 Å². The van der Waals surface area contributed by atoms with Crippen molar-refractivity contribution in [3.63, 3.8) is 0 Å². The number of aromatic nitrogens is 3. The molecule has 3 aromatic rings. The number of rotatable bonds is 7. The molecule has 0 unspecified atom stereocenters. The number of para-hydroxylation sites is 1. The van der Waals surface area contributed by atoms with Crippen LogP contribution in [0.25, 0.3) is 16.9 Å². The quantitative estimate of drug-likeness (QED) is 0.676. The zero-order valence-electron chi connectivity index (χ0n) is 13.6. The molecule has 0 saturated heterocycles. The average Bonchev–Trinajstić information content (AvgIpc) is 2.99. The Balaban J connectivity index is 1.84. The zero-order valence-corrected chi connectivity index (χ0v) is 13.6. The van der Waals surface area contributed by atoms with Crippen LogP contribution in [0.1, 0.15) is 12.2 Å². The monoisotopic (exact) mass is 324 g/mol. The van der Waals surface area contributed by atoms with E-state index in [2.05, 4.69) is 15.3 Å². The molecule has 0 saturated carbocycles. The van der Waals surface area contributed by atoms with Gasteiger partial charge in [0.2, 0.25) is 5.91 Å². The first kappa shape index (κ1) is 16.1. The minimum Gasteiger partial charge on any atom is -0.383 e. The van der Waals surface area contributed by atoms with Gasteiger partial charge in [0, 0.05) is 38.4 Å². The third kappa shape index (κ3) is 3.60. The van der Waals surface area contributed by atoms with Gasteiger partial charge in [-0.15, -0.1) is 0 Å². The van der Waals surface area contributed by atoms with Gasteiger partial charge in [-0.2, -0.15) is 0 Å². The maximum atomic E-state index is 11.9. The van der Waals surface area contributed by atoms with Gasteiger partial charge in [-0.3, -0.25) is 9.36 Å². The third-order valence-electron chi connectivity index (χ3n) is 3.70.